The Labute approximate surface area is 148 Å². The number of rotatable bonds is 6. The molecule has 1 aromatic carbocycles. The molecule has 1 heterocycles. The number of ether oxygens (including phenoxy) is 2. The number of hydrogen-bond donors (Lipinski definition) is 3. The standard InChI is InChI=1S/C18H26N4O3/c1-19-18(20-9-8-17(23)22-14-4-2-3-5-14)21-11-13-6-7-15-16(10-13)25-12-24-15/h6-7,10,14H,2-5,8-9,11-12H2,1H3,(H,22,23)(H2,19,20,21). The number of guanidine groups is 1. The van der Waals surface area contributed by atoms with Crippen LogP contribution in [0, 0.1) is 0 Å². The topological polar surface area (TPSA) is 84.0 Å². The molecule has 0 saturated heterocycles. The quantitative estimate of drug-likeness (QED) is 0.537. The molecule has 3 rings (SSSR count). The second kappa shape index (κ2) is 8.60. The highest BCUT2D eigenvalue weighted by molar-refractivity contribution is 5.81. The number of nitrogens with one attached hydrogen (secondary N) is 3. The van der Waals surface area contributed by atoms with Crippen LogP contribution in [-0.4, -0.2) is 38.3 Å². The Kier molecular flexibility index (Phi) is 5.98. The van der Waals surface area contributed by atoms with E-state index in [2.05, 4.69) is 20.9 Å². The molecule has 7 heteroatoms. The van der Waals surface area contributed by atoms with Gasteiger partial charge in [-0.25, -0.2) is 0 Å². The van der Waals surface area contributed by atoms with Gasteiger partial charge in [0.15, 0.2) is 17.5 Å². The highest BCUT2D eigenvalue weighted by Gasteiger charge is 2.17. The van der Waals surface area contributed by atoms with Crippen molar-refractivity contribution in [1.82, 2.24) is 16.0 Å². The van der Waals surface area contributed by atoms with Crippen molar-refractivity contribution in [2.75, 3.05) is 20.4 Å². The first-order valence-electron chi connectivity index (χ1n) is 8.87. The van der Waals surface area contributed by atoms with Crippen LogP contribution in [0.5, 0.6) is 11.5 Å². The molecule has 0 aromatic heterocycles. The predicted molar refractivity (Wildman–Crippen MR) is 95.8 cm³/mol. The molecule has 1 fully saturated rings. The average molecular weight is 346 g/mol. The Balaban J connectivity index is 1.37. The number of hydrogen-bond acceptors (Lipinski definition) is 4. The van der Waals surface area contributed by atoms with Crippen molar-refractivity contribution in [3.8, 4) is 11.5 Å². The molecule has 7 nitrogen and oxygen atoms in total. The molecular formula is C18H26N4O3. The zero-order valence-corrected chi connectivity index (χ0v) is 14.6. The molecule has 1 aromatic rings. The molecule has 136 valence electrons. The van der Waals surface area contributed by atoms with E-state index in [1.165, 1.54) is 12.8 Å². The fourth-order valence-electron chi connectivity index (χ4n) is 3.12. The number of amides is 1. The number of fused-ring (bicyclic) bond motifs is 1. The summed E-state index contributed by atoms with van der Waals surface area (Å²) < 4.78 is 10.7. The van der Waals surface area contributed by atoms with E-state index < -0.39 is 0 Å². The first kappa shape index (κ1) is 17.4. The zero-order valence-electron chi connectivity index (χ0n) is 14.6. The van der Waals surface area contributed by atoms with Crippen LogP contribution in [0.4, 0.5) is 0 Å². The maximum Gasteiger partial charge on any atom is 0.231 e. The lowest BCUT2D eigenvalue weighted by molar-refractivity contribution is -0.121. The second-order valence-corrected chi connectivity index (χ2v) is 6.34. The molecule has 1 amide bonds. The van der Waals surface area contributed by atoms with Crippen LogP contribution in [0.3, 0.4) is 0 Å². The van der Waals surface area contributed by atoms with Crippen molar-refractivity contribution in [1.29, 1.82) is 0 Å². The molecule has 0 bridgehead atoms. The smallest absolute Gasteiger partial charge is 0.231 e. The van der Waals surface area contributed by atoms with Gasteiger partial charge in [0.05, 0.1) is 0 Å². The Bertz CT molecular complexity index is 627. The van der Waals surface area contributed by atoms with Crippen LogP contribution in [0.1, 0.15) is 37.7 Å². The Morgan fingerprint density at radius 2 is 2.00 bits per heavy atom. The van der Waals surface area contributed by atoms with E-state index in [-0.39, 0.29) is 12.7 Å². The van der Waals surface area contributed by atoms with Gasteiger partial charge in [-0.2, -0.15) is 0 Å². The lowest BCUT2D eigenvalue weighted by Crippen LogP contribution is -2.40. The van der Waals surface area contributed by atoms with E-state index in [0.717, 1.165) is 29.9 Å². The summed E-state index contributed by atoms with van der Waals surface area (Å²) in [7, 11) is 1.72. The number of benzene rings is 1. The highest BCUT2D eigenvalue weighted by atomic mass is 16.7. The van der Waals surface area contributed by atoms with Crippen LogP contribution in [0.25, 0.3) is 0 Å². The predicted octanol–water partition coefficient (Wildman–Crippen LogP) is 1.53. The Morgan fingerprint density at radius 3 is 2.80 bits per heavy atom. The van der Waals surface area contributed by atoms with Crippen molar-refractivity contribution in [2.24, 2.45) is 4.99 Å². The van der Waals surface area contributed by atoms with E-state index >= 15 is 0 Å². The fourth-order valence-corrected chi connectivity index (χ4v) is 3.12. The molecule has 0 radical (unpaired) electrons. The second-order valence-electron chi connectivity index (χ2n) is 6.34. The van der Waals surface area contributed by atoms with Crippen molar-refractivity contribution >= 4 is 11.9 Å². The number of nitrogens with zero attached hydrogens (tertiary/aromatic N) is 1. The number of carbonyl (C=O) groups excluding carboxylic acids is 1. The minimum absolute atomic E-state index is 0.102. The molecule has 0 atom stereocenters. The molecule has 3 N–H and O–H groups in total. The summed E-state index contributed by atoms with van der Waals surface area (Å²) in [6.07, 6.45) is 5.11. The van der Waals surface area contributed by atoms with Crippen molar-refractivity contribution < 1.29 is 14.3 Å². The van der Waals surface area contributed by atoms with Gasteiger partial charge in [0, 0.05) is 32.6 Å². The average Bonchev–Trinajstić information content (AvgIpc) is 3.28. The molecular weight excluding hydrogens is 320 g/mol. The fraction of sp³-hybridized carbons (Fsp3) is 0.556. The normalized spacial score (nSPS) is 16.8. The summed E-state index contributed by atoms with van der Waals surface area (Å²) in [5, 5.41) is 9.49. The maximum atomic E-state index is 11.9. The first-order valence-corrected chi connectivity index (χ1v) is 8.87. The third-order valence-electron chi connectivity index (χ3n) is 4.49. The van der Waals surface area contributed by atoms with Crippen molar-refractivity contribution in [2.45, 2.75) is 44.7 Å². The van der Waals surface area contributed by atoms with Gasteiger partial charge in [0.2, 0.25) is 12.7 Å². The van der Waals surface area contributed by atoms with Crippen LogP contribution < -0.4 is 25.4 Å². The monoisotopic (exact) mass is 346 g/mol. The largest absolute Gasteiger partial charge is 0.454 e. The number of aliphatic imine (C=N–C) groups is 1. The minimum Gasteiger partial charge on any atom is -0.454 e. The number of carbonyl (C=O) groups is 1. The molecule has 1 aliphatic carbocycles. The summed E-state index contributed by atoms with van der Waals surface area (Å²) in [5.41, 5.74) is 1.08. The summed E-state index contributed by atoms with van der Waals surface area (Å²) in [5.74, 6) is 2.32. The van der Waals surface area contributed by atoms with Crippen LogP contribution in [0.15, 0.2) is 23.2 Å². The molecule has 0 spiro atoms. The summed E-state index contributed by atoms with van der Waals surface area (Å²) >= 11 is 0. The molecule has 1 aliphatic heterocycles. The lowest BCUT2D eigenvalue weighted by atomic mass is 10.2. The first-order chi connectivity index (χ1) is 12.2. The summed E-state index contributed by atoms with van der Waals surface area (Å²) in [4.78, 5) is 16.1. The van der Waals surface area contributed by atoms with Crippen molar-refractivity contribution in [3.63, 3.8) is 0 Å². The lowest BCUT2D eigenvalue weighted by Gasteiger charge is -2.14. The van der Waals surface area contributed by atoms with Crippen LogP contribution in [0.2, 0.25) is 0 Å². The Morgan fingerprint density at radius 1 is 1.20 bits per heavy atom. The minimum atomic E-state index is 0.102. The summed E-state index contributed by atoms with van der Waals surface area (Å²) in [6, 6.07) is 6.22. The van der Waals surface area contributed by atoms with Gasteiger partial charge in [-0.1, -0.05) is 18.9 Å². The van der Waals surface area contributed by atoms with Gasteiger partial charge in [0.25, 0.3) is 0 Å². The van der Waals surface area contributed by atoms with E-state index in [4.69, 9.17) is 9.47 Å². The molecule has 1 saturated carbocycles. The van der Waals surface area contributed by atoms with Gasteiger partial charge in [-0.15, -0.1) is 0 Å². The highest BCUT2D eigenvalue weighted by Crippen LogP contribution is 2.32. The maximum absolute atomic E-state index is 11.9. The molecule has 0 unspecified atom stereocenters. The third kappa shape index (κ3) is 5.01. The van der Waals surface area contributed by atoms with E-state index in [1.54, 1.807) is 7.05 Å². The van der Waals surface area contributed by atoms with Crippen LogP contribution >= 0.6 is 0 Å². The van der Waals surface area contributed by atoms with Gasteiger partial charge >= 0.3 is 0 Å². The van der Waals surface area contributed by atoms with Crippen molar-refractivity contribution in [3.05, 3.63) is 23.8 Å². The SMILES string of the molecule is CN=C(NCCC(=O)NC1CCCC1)NCc1ccc2c(c1)OCO2. The van der Waals surface area contributed by atoms with Gasteiger partial charge in [-0.3, -0.25) is 9.79 Å². The van der Waals surface area contributed by atoms with Gasteiger partial charge in [-0.05, 0) is 30.5 Å². The van der Waals surface area contributed by atoms with E-state index in [0.29, 0.717) is 31.5 Å². The third-order valence-corrected chi connectivity index (χ3v) is 4.49. The molecule has 25 heavy (non-hydrogen) atoms. The zero-order chi connectivity index (χ0) is 17.5. The van der Waals surface area contributed by atoms with Gasteiger partial charge < -0.3 is 25.4 Å². The molecule has 2 aliphatic rings. The van der Waals surface area contributed by atoms with E-state index in [9.17, 15) is 4.79 Å². The van der Waals surface area contributed by atoms with Crippen LogP contribution in [-0.2, 0) is 11.3 Å². The Hall–Kier alpha value is -2.44. The van der Waals surface area contributed by atoms with E-state index in [1.807, 2.05) is 18.2 Å². The van der Waals surface area contributed by atoms with Gasteiger partial charge in [0.1, 0.15) is 0 Å². The summed E-state index contributed by atoms with van der Waals surface area (Å²) in [6.45, 7) is 1.45.